The second kappa shape index (κ2) is 4.89. The molecule has 116 valence electrons. The van der Waals surface area contributed by atoms with E-state index in [2.05, 4.69) is 14.8 Å². The number of sulfonamides is 1. The monoisotopic (exact) mass is 318 g/mol. The van der Waals surface area contributed by atoms with Gasteiger partial charge in [0, 0.05) is 25.0 Å². The van der Waals surface area contributed by atoms with E-state index in [9.17, 15) is 8.42 Å². The predicted molar refractivity (Wildman–Crippen MR) is 80.7 cm³/mol. The first-order chi connectivity index (χ1) is 10.6. The highest BCUT2D eigenvalue weighted by atomic mass is 32.2. The van der Waals surface area contributed by atoms with Gasteiger partial charge in [0.25, 0.3) is 0 Å². The van der Waals surface area contributed by atoms with Crippen molar-refractivity contribution in [2.45, 2.75) is 49.7 Å². The number of benzene rings is 1. The molecule has 0 N–H and O–H groups in total. The SMILES string of the molecule is Cc1nnc2n1CC1CCC(C2)N1S(=O)(=O)c1ccccc1. The highest BCUT2D eigenvalue weighted by Crippen LogP contribution is 2.35. The van der Waals surface area contributed by atoms with Gasteiger partial charge in [-0.25, -0.2) is 8.42 Å². The topological polar surface area (TPSA) is 68.1 Å². The van der Waals surface area contributed by atoms with Gasteiger partial charge in [0.2, 0.25) is 10.0 Å². The van der Waals surface area contributed by atoms with E-state index in [0.717, 1.165) is 24.5 Å². The van der Waals surface area contributed by atoms with E-state index in [1.54, 1.807) is 28.6 Å². The van der Waals surface area contributed by atoms with Crippen LogP contribution in [-0.4, -0.2) is 39.6 Å². The van der Waals surface area contributed by atoms with Gasteiger partial charge in [-0.1, -0.05) is 18.2 Å². The Morgan fingerprint density at radius 1 is 1.09 bits per heavy atom. The molecule has 1 aromatic heterocycles. The van der Waals surface area contributed by atoms with Crippen LogP contribution in [0.1, 0.15) is 24.5 Å². The molecule has 0 aliphatic carbocycles. The summed E-state index contributed by atoms with van der Waals surface area (Å²) in [5, 5.41) is 8.34. The Hall–Kier alpha value is -1.73. The van der Waals surface area contributed by atoms with Gasteiger partial charge >= 0.3 is 0 Å². The van der Waals surface area contributed by atoms with Crippen molar-refractivity contribution in [3.05, 3.63) is 42.0 Å². The van der Waals surface area contributed by atoms with E-state index >= 15 is 0 Å². The fourth-order valence-corrected chi connectivity index (χ4v) is 5.52. The molecule has 3 heterocycles. The minimum atomic E-state index is -3.46. The molecule has 1 aromatic carbocycles. The lowest BCUT2D eigenvalue weighted by Crippen LogP contribution is -2.42. The Labute approximate surface area is 129 Å². The summed E-state index contributed by atoms with van der Waals surface area (Å²) in [5.74, 6) is 1.76. The van der Waals surface area contributed by atoms with Crippen molar-refractivity contribution in [3.8, 4) is 0 Å². The highest BCUT2D eigenvalue weighted by Gasteiger charge is 2.45. The van der Waals surface area contributed by atoms with Gasteiger partial charge in [-0.15, -0.1) is 10.2 Å². The maximum absolute atomic E-state index is 13.0. The van der Waals surface area contributed by atoms with Gasteiger partial charge in [0.15, 0.2) is 0 Å². The summed E-state index contributed by atoms with van der Waals surface area (Å²) in [6.45, 7) is 2.57. The third kappa shape index (κ3) is 1.99. The van der Waals surface area contributed by atoms with Gasteiger partial charge in [0.05, 0.1) is 4.90 Å². The zero-order valence-corrected chi connectivity index (χ0v) is 13.2. The molecule has 4 rings (SSSR count). The molecule has 6 nitrogen and oxygen atoms in total. The van der Waals surface area contributed by atoms with Gasteiger partial charge in [0.1, 0.15) is 11.6 Å². The largest absolute Gasteiger partial charge is 0.314 e. The van der Waals surface area contributed by atoms with Crippen molar-refractivity contribution in [3.63, 3.8) is 0 Å². The first kappa shape index (κ1) is 13.9. The minimum Gasteiger partial charge on any atom is -0.314 e. The molecule has 22 heavy (non-hydrogen) atoms. The van der Waals surface area contributed by atoms with E-state index in [4.69, 9.17) is 0 Å². The molecule has 2 unspecified atom stereocenters. The first-order valence-electron chi connectivity index (χ1n) is 7.54. The first-order valence-corrected chi connectivity index (χ1v) is 8.98. The smallest absolute Gasteiger partial charge is 0.243 e. The summed E-state index contributed by atoms with van der Waals surface area (Å²) in [6.07, 6.45) is 2.43. The average molecular weight is 318 g/mol. The number of hydrogen-bond donors (Lipinski definition) is 0. The summed E-state index contributed by atoms with van der Waals surface area (Å²) >= 11 is 0. The number of aromatic nitrogens is 3. The Balaban J connectivity index is 1.76. The van der Waals surface area contributed by atoms with E-state index < -0.39 is 10.0 Å². The van der Waals surface area contributed by atoms with Crippen LogP contribution in [0, 0.1) is 6.92 Å². The lowest BCUT2D eigenvalue weighted by molar-refractivity contribution is 0.314. The van der Waals surface area contributed by atoms with Crippen molar-refractivity contribution in [1.29, 1.82) is 0 Å². The number of hydrogen-bond acceptors (Lipinski definition) is 4. The maximum atomic E-state index is 13.0. The van der Waals surface area contributed by atoms with Gasteiger partial charge < -0.3 is 4.57 Å². The van der Waals surface area contributed by atoms with Crippen LogP contribution in [0.15, 0.2) is 35.2 Å². The molecule has 2 bridgehead atoms. The lowest BCUT2D eigenvalue weighted by Gasteiger charge is -2.27. The highest BCUT2D eigenvalue weighted by molar-refractivity contribution is 7.89. The molecule has 1 saturated heterocycles. The number of aryl methyl sites for hydroxylation is 1. The molecule has 7 heteroatoms. The minimum absolute atomic E-state index is 0.00819. The molecular weight excluding hydrogens is 300 g/mol. The number of rotatable bonds is 2. The zero-order chi connectivity index (χ0) is 15.3. The third-order valence-electron chi connectivity index (χ3n) is 4.70. The molecule has 0 saturated carbocycles. The summed E-state index contributed by atoms with van der Waals surface area (Å²) in [7, 11) is -3.46. The standard InChI is InChI=1S/C15H18N4O2S/c1-11-16-17-15-9-12-7-8-13(10-18(11)15)19(12)22(20,21)14-5-3-2-4-6-14/h2-6,12-13H,7-10H2,1H3. The van der Waals surface area contributed by atoms with E-state index in [0.29, 0.717) is 17.9 Å². The van der Waals surface area contributed by atoms with Crippen LogP contribution in [0.25, 0.3) is 0 Å². The van der Waals surface area contributed by atoms with E-state index in [1.807, 2.05) is 13.0 Å². The maximum Gasteiger partial charge on any atom is 0.243 e. The Morgan fingerprint density at radius 2 is 1.82 bits per heavy atom. The van der Waals surface area contributed by atoms with Crippen molar-refractivity contribution < 1.29 is 8.42 Å². The molecule has 2 aromatic rings. The van der Waals surface area contributed by atoms with Crippen LogP contribution >= 0.6 is 0 Å². The van der Waals surface area contributed by atoms with Crippen molar-refractivity contribution in [2.24, 2.45) is 0 Å². The summed E-state index contributed by atoms with van der Waals surface area (Å²) < 4.78 is 29.9. The van der Waals surface area contributed by atoms with Crippen LogP contribution in [-0.2, 0) is 23.0 Å². The van der Waals surface area contributed by atoms with Crippen LogP contribution < -0.4 is 0 Å². The second-order valence-electron chi connectivity index (χ2n) is 6.01. The molecule has 2 aliphatic rings. The zero-order valence-electron chi connectivity index (χ0n) is 12.4. The average Bonchev–Trinajstić information content (AvgIpc) is 3.00. The molecule has 2 atom stereocenters. The summed E-state index contributed by atoms with van der Waals surface area (Å²) in [5.41, 5.74) is 0. The lowest BCUT2D eigenvalue weighted by atomic mass is 10.1. The van der Waals surface area contributed by atoms with Crippen LogP contribution in [0.4, 0.5) is 0 Å². The molecule has 0 spiro atoms. The number of fused-ring (bicyclic) bond motifs is 3. The molecule has 2 aliphatic heterocycles. The molecule has 0 amide bonds. The Bertz CT molecular complexity index is 800. The van der Waals surface area contributed by atoms with E-state index in [-0.39, 0.29) is 12.1 Å². The Kier molecular flexibility index (Phi) is 3.09. The molecule has 0 radical (unpaired) electrons. The van der Waals surface area contributed by atoms with Crippen LogP contribution in [0.2, 0.25) is 0 Å². The van der Waals surface area contributed by atoms with E-state index in [1.165, 1.54) is 0 Å². The fourth-order valence-electron chi connectivity index (χ4n) is 3.64. The van der Waals surface area contributed by atoms with Crippen molar-refractivity contribution >= 4 is 10.0 Å². The number of nitrogens with zero attached hydrogens (tertiary/aromatic N) is 4. The van der Waals surface area contributed by atoms with Crippen LogP contribution in [0.5, 0.6) is 0 Å². The van der Waals surface area contributed by atoms with Crippen LogP contribution in [0.3, 0.4) is 0 Å². The third-order valence-corrected chi connectivity index (χ3v) is 6.71. The summed E-state index contributed by atoms with van der Waals surface area (Å²) in [6, 6.07) is 8.69. The van der Waals surface area contributed by atoms with Crippen molar-refractivity contribution in [1.82, 2.24) is 19.1 Å². The predicted octanol–water partition coefficient (Wildman–Crippen LogP) is 1.36. The molecular formula is C15H18N4O2S. The summed E-state index contributed by atoms with van der Waals surface area (Å²) in [4.78, 5) is 0.376. The van der Waals surface area contributed by atoms with Gasteiger partial charge in [-0.2, -0.15) is 4.31 Å². The molecule has 1 fully saturated rings. The second-order valence-corrected chi connectivity index (χ2v) is 7.85. The van der Waals surface area contributed by atoms with Gasteiger partial charge in [-0.05, 0) is 31.9 Å². The Morgan fingerprint density at radius 3 is 2.59 bits per heavy atom. The van der Waals surface area contributed by atoms with Gasteiger partial charge in [-0.3, -0.25) is 0 Å². The quantitative estimate of drug-likeness (QED) is 0.838. The normalized spacial score (nSPS) is 25.0. The fraction of sp³-hybridized carbons (Fsp3) is 0.467. The van der Waals surface area contributed by atoms with Crippen molar-refractivity contribution in [2.75, 3.05) is 0 Å².